The minimum atomic E-state index is -0.563. The molecule has 0 unspecified atom stereocenters. The van der Waals surface area contributed by atoms with E-state index in [4.69, 9.17) is 9.47 Å². The first-order valence-electron chi connectivity index (χ1n) is 10.4. The normalized spacial score (nSPS) is 18.8. The fourth-order valence-corrected chi connectivity index (χ4v) is 3.21. The molecule has 1 aliphatic carbocycles. The smallest absolute Gasteiger partial charge is 0.407 e. The Morgan fingerprint density at radius 1 is 0.933 bits per heavy atom. The van der Waals surface area contributed by atoms with Crippen molar-refractivity contribution in [1.82, 2.24) is 16.0 Å². The van der Waals surface area contributed by atoms with E-state index in [0.717, 1.165) is 31.2 Å². The molecule has 0 heterocycles. The van der Waals surface area contributed by atoms with Gasteiger partial charge in [-0.1, -0.05) is 30.3 Å². The average molecular weight is 420 g/mol. The first-order chi connectivity index (χ1) is 14.2. The molecule has 8 heteroatoms. The molecular weight excluding hydrogens is 386 g/mol. The van der Waals surface area contributed by atoms with E-state index in [2.05, 4.69) is 16.0 Å². The van der Waals surface area contributed by atoms with Gasteiger partial charge in [0.1, 0.15) is 12.2 Å². The zero-order valence-corrected chi connectivity index (χ0v) is 18.0. The summed E-state index contributed by atoms with van der Waals surface area (Å²) in [6.45, 7) is 5.83. The summed E-state index contributed by atoms with van der Waals surface area (Å²) in [5.41, 5.74) is 0.382. The third kappa shape index (κ3) is 9.62. The lowest BCUT2D eigenvalue weighted by atomic mass is 9.91. The lowest BCUT2D eigenvalue weighted by Crippen LogP contribution is -2.44. The fourth-order valence-electron chi connectivity index (χ4n) is 3.21. The molecule has 1 saturated carbocycles. The molecular formula is C22H33N3O5. The summed E-state index contributed by atoms with van der Waals surface area (Å²) >= 11 is 0. The summed E-state index contributed by atoms with van der Waals surface area (Å²) in [4.78, 5) is 35.6. The maximum Gasteiger partial charge on any atom is 0.407 e. The number of carbonyl (C=O) groups is 3. The summed E-state index contributed by atoms with van der Waals surface area (Å²) in [6.07, 6.45) is 2.39. The highest BCUT2D eigenvalue weighted by Gasteiger charge is 2.24. The monoisotopic (exact) mass is 419 g/mol. The molecule has 0 atom stereocenters. The third-order valence-corrected chi connectivity index (χ3v) is 4.65. The van der Waals surface area contributed by atoms with Crippen molar-refractivity contribution >= 4 is 18.1 Å². The van der Waals surface area contributed by atoms with Gasteiger partial charge in [0.2, 0.25) is 5.91 Å². The second kappa shape index (κ2) is 11.4. The molecule has 0 radical (unpaired) electrons. The van der Waals surface area contributed by atoms with E-state index in [9.17, 15) is 14.4 Å². The van der Waals surface area contributed by atoms with E-state index < -0.39 is 17.8 Å². The van der Waals surface area contributed by atoms with Gasteiger partial charge in [0, 0.05) is 25.0 Å². The largest absolute Gasteiger partial charge is 0.445 e. The van der Waals surface area contributed by atoms with Crippen LogP contribution in [0.5, 0.6) is 0 Å². The Labute approximate surface area is 178 Å². The zero-order valence-electron chi connectivity index (χ0n) is 18.0. The van der Waals surface area contributed by atoms with Crippen molar-refractivity contribution in [2.75, 3.05) is 6.54 Å². The van der Waals surface area contributed by atoms with Gasteiger partial charge in [-0.3, -0.25) is 4.79 Å². The van der Waals surface area contributed by atoms with Crippen LogP contribution in [0.3, 0.4) is 0 Å². The predicted octanol–water partition coefficient (Wildman–Crippen LogP) is 3.26. The van der Waals surface area contributed by atoms with E-state index in [-0.39, 0.29) is 37.6 Å². The fraction of sp³-hybridized carbons (Fsp3) is 0.591. The maximum absolute atomic E-state index is 12.1. The number of hydrogen-bond acceptors (Lipinski definition) is 5. The van der Waals surface area contributed by atoms with Gasteiger partial charge < -0.3 is 25.4 Å². The van der Waals surface area contributed by atoms with Crippen LogP contribution in [0.2, 0.25) is 0 Å². The highest BCUT2D eigenvalue weighted by Crippen LogP contribution is 2.19. The average Bonchev–Trinajstić information content (AvgIpc) is 2.67. The minimum Gasteiger partial charge on any atom is -0.445 e. The van der Waals surface area contributed by atoms with Crippen LogP contribution in [0.15, 0.2) is 30.3 Å². The summed E-state index contributed by atoms with van der Waals surface area (Å²) < 4.78 is 10.4. The minimum absolute atomic E-state index is 0.0512. The molecule has 3 N–H and O–H groups in total. The Kier molecular flexibility index (Phi) is 8.95. The number of amides is 3. The second-order valence-corrected chi connectivity index (χ2v) is 8.50. The van der Waals surface area contributed by atoms with E-state index in [1.807, 2.05) is 30.3 Å². The van der Waals surface area contributed by atoms with Gasteiger partial charge >= 0.3 is 12.2 Å². The zero-order chi connectivity index (χ0) is 22.0. The van der Waals surface area contributed by atoms with Crippen LogP contribution in [0.4, 0.5) is 9.59 Å². The first kappa shape index (κ1) is 23.5. The maximum atomic E-state index is 12.1. The molecule has 166 valence electrons. The lowest BCUT2D eigenvalue weighted by Gasteiger charge is -2.29. The summed E-state index contributed by atoms with van der Waals surface area (Å²) in [5, 5.41) is 8.46. The van der Waals surface area contributed by atoms with Crippen molar-refractivity contribution in [1.29, 1.82) is 0 Å². The second-order valence-electron chi connectivity index (χ2n) is 8.50. The lowest BCUT2D eigenvalue weighted by molar-refractivity contribution is -0.121. The third-order valence-electron chi connectivity index (χ3n) is 4.65. The molecule has 1 aliphatic rings. The molecule has 1 aromatic carbocycles. The Morgan fingerprint density at radius 2 is 1.53 bits per heavy atom. The van der Waals surface area contributed by atoms with E-state index in [1.165, 1.54) is 0 Å². The predicted molar refractivity (Wildman–Crippen MR) is 113 cm³/mol. The number of ether oxygens (including phenoxy) is 2. The van der Waals surface area contributed by atoms with E-state index >= 15 is 0 Å². The molecule has 8 nitrogen and oxygen atoms in total. The van der Waals surface area contributed by atoms with Gasteiger partial charge in [-0.2, -0.15) is 0 Å². The van der Waals surface area contributed by atoms with Gasteiger partial charge in [0.15, 0.2) is 0 Å². The molecule has 30 heavy (non-hydrogen) atoms. The van der Waals surface area contributed by atoms with Crippen LogP contribution in [-0.2, 0) is 20.9 Å². The quantitative estimate of drug-likeness (QED) is 0.629. The van der Waals surface area contributed by atoms with Crippen LogP contribution in [0.1, 0.15) is 58.4 Å². The van der Waals surface area contributed by atoms with Crippen LogP contribution < -0.4 is 16.0 Å². The molecule has 1 fully saturated rings. The molecule has 0 aromatic heterocycles. The Balaban J connectivity index is 1.57. The van der Waals surface area contributed by atoms with E-state index in [1.54, 1.807) is 20.8 Å². The SMILES string of the molecule is CC(C)(C)OC(=O)NCCC(=O)NC1CCC(NC(=O)OCc2ccccc2)CC1. The highest BCUT2D eigenvalue weighted by atomic mass is 16.6. The first-order valence-corrected chi connectivity index (χ1v) is 10.4. The molecule has 0 bridgehead atoms. The standard InChI is InChI=1S/C22H33N3O5/c1-22(2,3)30-20(27)23-14-13-19(26)24-17-9-11-18(12-10-17)25-21(28)29-15-16-7-5-4-6-8-16/h4-8,17-18H,9-15H2,1-3H3,(H,23,27)(H,24,26)(H,25,28). The number of hydrogen-bond donors (Lipinski definition) is 3. The van der Waals surface area contributed by atoms with Crippen molar-refractivity contribution in [2.45, 2.75) is 77.2 Å². The van der Waals surface area contributed by atoms with Crippen molar-refractivity contribution in [3.05, 3.63) is 35.9 Å². The number of benzene rings is 1. The van der Waals surface area contributed by atoms with Crippen molar-refractivity contribution in [3.63, 3.8) is 0 Å². The highest BCUT2D eigenvalue weighted by molar-refractivity contribution is 5.77. The molecule has 3 amide bonds. The number of rotatable bonds is 7. The summed E-state index contributed by atoms with van der Waals surface area (Å²) in [6, 6.07) is 9.67. The molecule has 2 rings (SSSR count). The van der Waals surface area contributed by atoms with Crippen LogP contribution >= 0.6 is 0 Å². The van der Waals surface area contributed by atoms with Crippen molar-refractivity contribution < 1.29 is 23.9 Å². The number of nitrogens with one attached hydrogen (secondary N) is 3. The van der Waals surface area contributed by atoms with Crippen LogP contribution in [0, 0.1) is 0 Å². The van der Waals surface area contributed by atoms with Gasteiger partial charge in [-0.05, 0) is 52.0 Å². The van der Waals surface area contributed by atoms with Crippen LogP contribution in [0.25, 0.3) is 0 Å². The summed E-state index contributed by atoms with van der Waals surface area (Å²) in [7, 11) is 0. The van der Waals surface area contributed by atoms with Crippen LogP contribution in [-0.4, -0.2) is 42.3 Å². The van der Waals surface area contributed by atoms with Gasteiger partial charge in [-0.25, -0.2) is 9.59 Å². The molecule has 0 aliphatic heterocycles. The number of carbonyl (C=O) groups excluding carboxylic acids is 3. The Morgan fingerprint density at radius 3 is 2.13 bits per heavy atom. The Bertz CT molecular complexity index is 694. The van der Waals surface area contributed by atoms with E-state index in [0.29, 0.717) is 0 Å². The summed E-state index contributed by atoms with van der Waals surface area (Å²) in [5.74, 6) is -0.107. The Hall–Kier alpha value is -2.77. The topological polar surface area (TPSA) is 106 Å². The van der Waals surface area contributed by atoms with Crippen molar-refractivity contribution in [2.24, 2.45) is 0 Å². The number of alkyl carbamates (subject to hydrolysis) is 2. The molecule has 1 aromatic rings. The van der Waals surface area contributed by atoms with Crippen molar-refractivity contribution in [3.8, 4) is 0 Å². The van der Waals surface area contributed by atoms with Gasteiger partial charge in [0.05, 0.1) is 0 Å². The molecule has 0 saturated heterocycles. The van der Waals surface area contributed by atoms with Gasteiger partial charge in [-0.15, -0.1) is 0 Å². The molecule has 0 spiro atoms. The van der Waals surface area contributed by atoms with Gasteiger partial charge in [0.25, 0.3) is 0 Å².